The standard InChI is InChI=1S/C24H27N5O3/c1-15-4-3-5-20-19(15)14-29(23(31)28-20)18-8-10-24(26,11-9-18)22(30)27-17-6-7-21(32-2)16(12-17)13-25/h3-7,12,18H,8-11,14,26H2,1-2H3,(H,27,30)(H,28,31). The Kier molecular flexibility index (Phi) is 5.76. The minimum atomic E-state index is -1.02. The van der Waals surface area contributed by atoms with Gasteiger partial charge in [0, 0.05) is 17.4 Å². The van der Waals surface area contributed by atoms with Gasteiger partial charge in [0.05, 0.1) is 24.8 Å². The maximum atomic E-state index is 13.0. The van der Waals surface area contributed by atoms with Crippen LogP contribution in [0.5, 0.6) is 5.75 Å². The lowest BCUT2D eigenvalue weighted by Gasteiger charge is -2.42. The van der Waals surface area contributed by atoms with Crippen LogP contribution in [-0.4, -0.2) is 35.5 Å². The first kappa shape index (κ1) is 21.7. The molecule has 0 bridgehead atoms. The Morgan fingerprint density at radius 1 is 1.31 bits per heavy atom. The molecule has 2 aromatic carbocycles. The van der Waals surface area contributed by atoms with Crippen molar-refractivity contribution in [3.63, 3.8) is 0 Å². The van der Waals surface area contributed by atoms with E-state index in [1.807, 2.05) is 30.0 Å². The molecule has 2 aromatic rings. The van der Waals surface area contributed by atoms with Crippen molar-refractivity contribution in [1.82, 2.24) is 4.90 Å². The maximum Gasteiger partial charge on any atom is 0.322 e. The van der Waals surface area contributed by atoms with Crippen LogP contribution in [0.1, 0.15) is 42.4 Å². The number of rotatable bonds is 4. The number of carbonyl (C=O) groups excluding carboxylic acids is 2. The Morgan fingerprint density at radius 3 is 2.75 bits per heavy atom. The van der Waals surface area contributed by atoms with Gasteiger partial charge in [0.1, 0.15) is 11.8 Å². The van der Waals surface area contributed by atoms with E-state index in [-0.39, 0.29) is 18.0 Å². The summed E-state index contributed by atoms with van der Waals surface area (Å²) in [5, 5.41) is 15.1. The van der Waals surface area contributed by atoms with Crippen LogP contribution in [-0.2, 0) is 11.3 Å². The van der Waals surface area contributed by atoms with Gasteiger partial charge < -0.3 is 26.0 Å². The minimum absolute atomic E-state index is 0.0263. The molecule has 1 aliphatic heterocycles. The Morgan fingerprint density at radius 2 is 2.06 bits per heavy atom. The van der Waals surface area contributed by atoms with Crippen molar-refractivity contribution in [2.24, 2.45) is 5.73 Å². The number of methoxy groups -OCH3 is 1. The quantitative estimate of drug-likeness (QED) is 0.681. The number of aryl methyl sites for hydroxylation is 1. The molecule has 0 radical (unpaired) electrons. The number of carbonyl (C=O) groups is 2. The number of nitriles is 1. The Bertz CT molecular complexity index is 1100. The van der Waals surface area contributed by atoms with E-state index in [9.17, 15) is 14.9 Å². The van der Waals surface area contributed by atoms with Crippen molar-refractivity contribution in [3.8, 4) is 11.8 Å². The average Bonchev–Trinajstić information content (AvgIpc) is 2.79. The highest BCUT2D eigenvalue weighted by atomic mass is 16.5. The highest BCUT2D eigenvalue weighted by Crippen LogP contribution is 2.35. The zero-order chi connectivity index (χ0) is 22.9. The number of benzene rings is 2. The lowest BCUT2D eigenvalue weighted by atomic mass is 9.78. The summed E-state index contributed by atoms with van der Waals surface area (Å²) in [5.41, 5.74) is 9.44. The van der Waals surface area contributed by atoms with Crippen LogP contribution < -0.4 is 21.1 Å². The van der Waals surface area contributed by atoms with Crippen molar-refractivity contribution in [1.29, 1.82) is 5.26 Å². The second-order valence-electron chi connectivity index (χ2n) is 8.53. The predicted octanol–water partition coefficient (Wildman–Crippen LogP) is 3.50. The highest BCUT2D eigenvalue weighted by Gasteiger charge is 2.41. The molecule has 0 spiro atoms. The number of amides is 3. The van der Waals surface area contributed by atoms with Gasteiger partial charge in [-0.25, -0.2) is 4.79 Å². The lowest BCUT2D eigenvalue weighted by molar-refractivity contribution is -0.122. The zero-order valence-electron chi connectivity index (χ0n) is 18.3. The van der Waals surface area contributed by atoms with E-state index in [0.717, 1.165) is 16.8 Å². The number of fused-ring (bicyclic) bond motifs is 1. The number of nitrogens with one attached hydrogen (secondary N) is 2. The van der Waals surface area contributed by atoms with E-state index >= 15 is 0 Å². The SMILES string of the molecule is COc1ccc(NC(=O)C2(N)CCC(N3Cc4c(C)cccc4NC3=O)CC2)cc1C#N. The van der Waals surface area contributed by atoms with Crippen LogP contribution in [0.4, 0.5) is 16.2 Å². The van der Waals surface area contributed by atoms with Gasteiger partial charge in [0.25, 0.3) is 0 Å². The molecular formula is C24H27N5O3. The molecule has 8 heteroatoms. The Hall–Kier alpha value is -3.57. The summed E-state index contributed by atoms with van der Waals surface area (Å²) in [6, 6.07) is 12.8. The molecule has 2 aliphatic rings. The third-order valence-corrected chi connectivity index (χ3v) is 6.56. The van der Waals surface area contributed by atoms with Crippen molar-refractivity contribution >= 4 is 23.3 Å². The topological polar surface area (TPSA) is 120 Å². The summed E-state index contributed by atoms with van der Waals surface area (Å²) in [6.07, 6.45) is 2.22. The summed E-state index contributed by atoms with van der Waals surface area (Å²) >= 11 is 0. The van der Waals surface area contributed by atoms with Crippen LogP contribution in [0.15, 0.2) is 36.4 Å². The average molecular weight is 434 g/mol. The van der Waals surface area contributed by atoms with E-state index in [1.54, 1.807) is 18.2 Å². The van der Waals surface area contributed by atoms with Crippen molar-refractivity contribution in [3.05, 3.63) is 53.1 Å². The first-order valence-corrected chi connectivity index (χ1v) is 10.7. The molecule has 0 unspecified atom stereocenters. The van der Waals surface area contributed by atoms with E-state index in [4.69, 9.17) is 10.5 Å². The maximum absolute atomic E-state index is 13.0. The molecule has 1 saturated carbocycles. The van der Waals surface area contributed by atoms with Gasteiger partial charge in [0.15, 0.2) is 0 Å². The molecule has 8 nitrogen and oxygen atoms in total. The van der Waals surface area contributed by atoms with Crippen LogP contribution in [0.3, 0.4) is 0 Å². The number of hydrogen-bond acceptors (Lipinski definition) is 5. The molecule has 4 N–H and O–H groups in total. The Labute approximate surface area is 187 Å². The van der Waals surface area contributed by atoms with E-state index in [2.05, 4.69) is 16.7 Å². The number of urea groups is 1. The van der Waals surface area contributed by atoms with Crippen LogP contribution >= 0.6 is 0 Å². The monoisotopic (exact) mass is 433 g/mol. The molecule has 0 atom stereocenters. The van der Waals surface area contributed by atoms with Gasteiger partial charge in [-0.1, -0.05) is 12.1 Å². The highest BCUT2D eigenvalue weighted by molar-refractivity contribution is 5.98. The zero-order valence-corrected chi connectivity index (χ0v) is 18.3. The van der Waals surface area contributed by atoms with E-state index in [0.29, 0.717) is 49.2 Å². The van der Waals surface area contributed by atoms with Crippen LogP contribution in [0, 0.1) is 18.3 Å². The second kappa shape index (κ2) is 8.52. The molecule has 3 amide bonds. The van der Waals surface area contributed by atoms with E-state index < -0.39 is 5.54 Å². The van der Waals surface area contributed by atoms with Crippen LogP contribution in [0.25, 0.3) is 0 Å². The summed E-state index contributed by atoms with van der Waals surface area (Å²) in [5.74, 6) is 0.166. The summed E-state index contributed by atoms with van der Waals surface area (Å²) < 4.78 is 5.14. The molecule has 1 aliphatic carbocycles. The fraction of sp³-hybridized carbons (Fsp3) is 0.375. The molecule has 1 heterocycles. The molecule has 0 saturated heterocycles. The fourth-order valence-electron chi connectivity index (χ4n) is 4.54. The van der Waals surface area contributed by atoms with Gasteiger partial charge >= 0.3 is 6.03 Å². The van der Waals surface area contributed by atoms with Gasteiger partial charge in [-0.2, -0.15) is 5.26 Å². The number of nitrogens with two attached hydrogens (primary N) is 1. The van der Waals surface area contributed by atoms with Gasteiger partial charge in [-0.05, 0) is 68.0 Å². The first-order chi connectivity index (χ1) is 15.3. The summed E-state index contributed by atoms with van der Waals surface area (Å²) in [6.45, 7) is 2.60. The second-order valence-corrected chi connectivity index (χ2v) is 8.53. The lowest BCUT2D eigenvalue weighted by Crippen LogP contribution is -2.57. The minimum Gasteiger partial charge on any atom is -0.495 e. The first-order valence-electron chi connectivity index (χ1n) is 10.7. The molecule has 32 heavy (non-hydrogen) atoms. The fourth-order valence-corrected chi connectivity index (χ4v) is 4.54. The molecular weight excluding hydrogens is 406 g/mol. The third kappa shape index (κ3) is 3.99. The molecule has 1 fully saturated rings. The third-order valence-electron chi connectivity index (χ3n) is 6.56. The smallest absolute Gasteiger partial charge is 0.322 e. The van der Waals surface area contributed by atoms with Gasteiger partial charge in [0.2, 0.25) is 5.91 Å². The summed E-state index contributed by atoms with van der Waals surface area (Å²) in [7, 11) is 1.49. The number of hydrogen-bond donors (Lipinski definition) is 3. The van der Waals surface area contributed by atoms with Crippen LogP contribution in [0.2, 0.25) is 0 Å². The largest absolute Gasteiger partial charge is 0.495 e. The number of nitrogens with zero attached hydrogens (tertiary/aromatic N) is 2. The normalized spacial score (nSPS) is 22.4. The molecule has 166 valence electrons. The van der Waals surface area contributed by atoms with Crippen molar-refractivity contribution in [2.75, 3.05) is 17.7 Å². The Balaban J connectivity index is 1.41. The van der Waals surface area contributed by atoms with E-state index in [1.165, 1.54) is 7.11 Å². The summed E-state index contributed by atoms with van der Waals surface area (Å²) in [4.78, 5) is 27.5. The number of ether oxygens (including phenoxy) is 1. The molecule has 0 aromatic heterocycles. The number of anilines is 2. The van der Waals surface area contributed by atoms with Gasteiger partial charge in [-0.3, -0.25) is 4.79 Å². The van der Waals surface area contributed by atoms with Crippen molar-refractivity contribution < 1.29 is 14.3 Å². The van der Waals surface area contributed by atoms with Crippen molar-refractivity contribution in [2.45, 2.75) is 50.7 Å². The molecule has 4 rings (SSSR count). The predicted molar refractivity (Wildman–Crippen MR) is 121 cm³/mol. The van der Waals surface area contributed by atoms with Gasteiger partial charge in [-0.15, -0.1) is 0 Å².